The molecular weight excluding hydrogens is 343 g/mol. The number of alkyl halides is 3. The number of likely N-dealkylation sites (tertiary alicyclic amines) is 1. The highest BCUT2D eigenvalue weighted by Crippen LogP contribution is 2.50. The maximum atomic E-state index is 13.2. The molecule has 0 aromatic heterocycles. The van der Waals surface area contributed by atoms with Gasteiger partial charge in [-0.05, 0) is 54.7 Å². The van der Waals surface area contributed by atoms with Gasteiger partial charge in [0, 0.05) is 12.6 Å². The maximum absolute atomic E-state index is 13.2. The first kappa shape index (κ1) is 19.1. The molecule has 2 aliphatic rings. The zero-order chi connectivity index (χ0) is 18.9. The largest absolute Gasteiger partial charge is 0.497 e. The molecule has 3 rings (SSSR count). The monoisotopic (exact) mass is 369 g/mol. The highest BCUT2D eigenvalue weighted by atomic mass is 19.4. The summed E-state index contributed by atoms with van der Waals surface area (Å²) < 4.78 is 44.6. The zero-order valence-corrected chi connectivity index (χ0v) is 15.3. The van der Waals surface area contributed by atoms with Gasteiger partial charge in [0.15, 0.2) is 0 Å². The summed E-state index contributed by atoms with van der Waals surface area (Å²) in [4.78, 5) is 13.2. The van der Waals surface area contributed by atoms with Gasteiger partial charge in [0.1, 0.15) is 5.75 Å². The van der Waals surface area contributed by atoms with Crippen LogP contribution in [0.3, 0.4) is 0 Å². The Bertz CT molecular complexity index is 643. The average molecular weight is 369 g/mol. The van der Waals surface area contributed by atoms with E-state index in [4.69, 9.17) is 4.74 Å². The number of methoxy groups -OCH3 is 1. The number of hydrogen-bond donors (Lipinski definition) is 0. The molecule has 2 fully saturated rings. The van der Waals surface area contributed by atoms with Crippen LogP contribution >= 0.6 is 0 Å². The predicted molar refractivity (Wildman–Crippen MR) is 92.9 cm³/mol. The molecule has 26 heavy (non-hydrogen) atoms. The number of nitrogens with zero attached hydrogens (tertiary/aromatic N) is 1. The summed E-state index contributed by atoms with van der Waals surface area (Å²) in [7, 11) is 1.58. The molecule has 144 valence electrons. The lowest BCUT2D eigenvalue weighted by molar-refractivity contribution is -0.194. The number of carbonyl (C=O) groups is 1. The van der Waals surface area contributed by atoms with Crippen molar-refractivity contribution in [2.75, 3.05) is 13.7 Å². The number of benzene rings is 1. The minimum absolute atomic E-state index is 0.0256. The summed E-state index contributed by atoms with van der Waals surface area (Å²) >= 11 is 0. The van der Waals surface area contributed by atoms with E-state index >= 15 is 0 Å². The number of rotatable bonds is 3. The van der Waals surface area contributed by atoms with Crippen LogP contribution in [0.2, 0.25) is 0 Å². The predicted octanol–water partition coefficient (Wildman–Crippen LogP) is 4.60. The quantitative estimate of drug-likeness (QED) is 0.779. The maximum Gasteiger partial charge on any atom is 0.471 e. The Morgan fingerprint density at radius 1 is 1.23 bits per heavy atom. The second kappa shape index (κ2) is 7.12. The van der Waals surface area contributed by atoms with E-state index < -0.39 is 18.1 Å². The Hall–Kier alpha value is -1.72. The lowest BCUT2D eigenvalue weighted by atomic mass is 9.60. The summed E-state index contributed by atoms with van der Waals surface area (Å²) in [5.74, 6) is -0.870. The molecule has 6 heteroatoms. The summed E-state index contributed by atoms with van der Waals surface area (Å²) in [6.45, 7) is 2.37. The number of ether oxygens (including phenoxy) is 1. The van der Waals surface area contributed by atoms with E-state index in [1.807, 2.05) is 24.3 Å². The molecule has 1 aromatic rings. The zero-order valence-electron chi connectivity index (χ0n) is 15.3. The highest BCUT2D eigenvalue weighted by molar-refractivity contribution is 5.82. The Kier molecular flexibility index (Phi) is 5.22. The molecule has 1 aliphatic carbocycles. The minimum atomic E-state index is -4.82. The van der Waals surface area contributed by atoms with Crippen LogP contribution in [0.15, 0.2) is 24.3 Å². The molecule has 1 saturated carbocycles. The van der Waals surface area contributed by atoms with Crippen molar-refractivity contribution in [3.8, 4) is 5.75 Å². The standard InChI is InChI=1S/C20H26F3NO2/c1-19-10-4-3-5-16(19)17(13-14-6-8-15(26-2)9-7-14)24(12-11-19)18(25)20(21,22)23/h6-9,16-17H,3-5,10-13H2,1-2H3/t16-,17+,19+/m1/s1. The second-order valence-corrected chi connectivity index (χ2v) is 7.87. The van der Waals surface area contributed by atoms with Gasteiger partial charge in [-0.1, -0.05) is 31.9 Å². The number of amides is 1. The van der Waals surface area contributed by atoms with Gasteiger partial charge < -0.3 is 9.64 Å². The Labute approximate surface area is 152 Å². The van der Waals surface area contributed by atoms with E-state index in [0.29, 0.717) is 18.6 Å². The van der Waals surface area contributed by atoms with Crippen molar-refractivity contribution in [2.45, 2.75) is 57.7 Å². The van der Waals surface area contributed by atoms with Crippen LogP contribution < -0.4 is 4.74 Å². The third-order valence-electron chi connectivity index (χ3n) is 6.30. The first-order valence-electron chi connectivity index (χ1n) is 9.25. The van der Waals surface area contributed by atoms with E-state index in [1.165, 1.54) is 0 Å². The van der Waals surface area contributed by atoms with E-state index in [9.17, 15) is 18.0 Å². The van der Waals surface area contributed by atoms with Crippen molar-refractivity contribution in [2.24, 2.45) is 11.3 Å². The topological polar surface area (TPSA) is 29.5 Å². The van der Waals surface area contributed by atoms with Gasteiger partial charge in [0.25, 0.3) is 0 Å². The summed E-state index contributed by atoms with van der Waals surface area (Å²) in [6, 6.07) is 6.98. The van der Waals surface area contributed by atoms with Gasteiger partial charge in [-0.25, -0.2) is 0 Å². The van der Waals surface area contributed by atoms with Gasteiger partial charge in [0.05, 0.1) is 7.11 Å². The van der Waals surface area contributed by atoms with Gasteiger partial charge in [-0.3, -0.25) is 4.79 Å². The van der Waals surface area contributed by atoms with Crippen molar-refractivity contribution in [3.05, 3.63) is 29.8 Å². The Balaban J connectivity index is 1.90. The molecule has 3 atom stereocenters. The number of hydrogen-bond acceptors (Lipinski definition) is 2. The second-order valence-electron chi connectivity index (χ2n) is 7.87. The molecule has 0 radical (unpaired) electrons. The molecule has 3 nitrogen and oxygen atoms in total. The van der Waals surface area contributed by atoms with E-state index in [2.05, 4.69) is 6.92 Å². The SMILES string of the molecule is COc1ccc(C[C@H]2[C@H]3CCCC[C@@]3(C)CCN2C(=O)C(F)(F)F)cc1. The van der Waals surface area contributed by atoms with Crippen molar-refractivity contribution in [3.63, 3.8) is 0 Å². The Morgan fingerprint density at radius 2 is 1.92 bits per heavy atom. The normalized spacial score (nSPS) is 29.2. The van der Waals surface area contributed by atoms with Crippen LogP contribution in [0, 0.1) is 11.3 Å². The number of carbonyl (C=O) groups excluding carboxylic acids is 1. The van der Waals surface area contributed by atoms with Crippen molar-refractivity contribution in [1.82, 2.24) is 4.90 Å². The van der Waals surface area contributed by atoms with Gasteiger partial charge in [0.2, 0.25) is 0 Å². The van der Waals surface area contributed by atoms with Crippen LogP contribution in [-0.2, 0) is 11.2 Å². The van der Waals surface area contributed by atoms with E-state index in [0.717, 1.165) is 36.1 Å². The van der Waals surface area contributed by atoms with Crippen molar-refractivity contribution in [1.29, 1.82) is 0 Å². The fourth-order valence-corrected chi connectivity index (χ4v) is 4.82. The molecular formula is C20H26F3NO2. The molecule has 0 spiro atoms. The molecule has 1 saturated heterocycles. The Morgan fingerprint density at radius 3 is 2.54 bits per heavy atom. The third-order valence-corrected chi connectivity index (χ3v) is 6.30. The van der Waals surface area contributed by atoms with Gasteiger partial charge in [-0.15, -0.1) is 0 Å². The minimum Gasteiger partial charge on any atom is -0.497 e. The van der Waals surface area contributed by atoms with Crippen LogP contribution in [0.5, 0.6) is 5.75 Å². The number of piperidine rings is 1. The fraction of sp³-hybridized carbons (Fsp3) is 0.650. The van der Waals surface area contributed by atoms with Gasteiger partial charge in [-0.2, -0.15) is 13.2 Å². The average Bonchev–Trinajstić information content (AvgIpc) is 2.61. The molecule has 0 unspecified atom stereocenters. The first-order valence-corrected chi connectivity index (χ1v) is 9.25. The van der Waals surface area contributed by atoms with Crippen LogP contribution in [0.1, 0.15) is 44.6 Å². The molecule has 1 heterocycles. The molecule has 1 aliphatic heterocycles. The third kappa shape index (κ3) is 3.69. The number of halogens is 3. The van der Waals surface area contributed by atoms with Crippen molar-refractivity contribution < 1.29 is 22.7 Å². The summed E-state index contributed by atoms with van der Waals surface area (Å²) in [5, 5.41) is 0. The van der Waals surface area contributed by atoms with E-state index in [-0.39, 0.29) is 17.9 Å². The highest BCUT2D eigenvalue weighted by Gasteiger charge is 2.52. The molecule has 1 amide bonds. The van der Waals surface area contributed by atoms with Crippen LogP contribution in [0.4, 0.5) is 13.2 Å². The summed E-state index contributed by atoms with van der Waals surface area (Å²) in [5.41, 5.74) is 0.961. The summed E-state index contributed by atoms with van der Waals surface area (Å²) in [6.07, 6.45) is 0.345. The number of fused-ring (bicyclic) bond motifs is 1. The first-order chi connectivity index (χ1) is 12.2. The van der Waals surface area contributed by atoms with Crippen molar-refractivity contribution >= 4 is 5.91 Å². The molecule has 0 N–H and O–H groups in total. The molecule has 0 bridgehead atoms. The fourth-order valence-electron chi connectivity index (χ4n) is 4.82. The smallest absolute Gasteiger partial charge is 0.471 e. The van der Waals surface area contributed by atoms with E-state index in [1.54, 1.807) is 7.11 Å². The lowest BCUT2D eigenvalue weighted by Crippen LogP contribution is -2.59. The van der Waals surface area contributed by atoms with Crippen LogP contribution in [-0.4, -0.2) is 36.7 Å². The van der Waals surface area contributed by atoms with Gasteiger partial charge >= 0.3 is 12.1 Å². The van der Waals surface area contributed by atoms with Crippen LogP contribution in [0.25, 0.3) is 0 Å². The molecule has 1 aromatic carbocycles. The lowest BCUT2D eigenvalue weighted by Gasteiger charge is -2.54.